The largest absolute Gasteiger partial charge is 0.448 e. The van der Waals surface area contributed by atoms with Crippen LogP contribution in [-0.2, 0) is 11.2 Å². The van der Waals surface area contributed by atoms with Gasteiger partial charge in [-0.15, -0.1) is 11.3 Å². The Labute approximate surface area is 166 Å². The number of aromatic nitrogens is 2. The van der Waals surface area contributed by atoms with E-state index in [2.05, 4.69) is 15.3 Å². The van der Waals surface area contributed by atoms with E-state index in [9.17, 15) is 4.79 Å². The van der Waals surface area contributed by atoms with Gasteiger partial charge in [-0.25, -0.2) is 4.98 Å². The van der Waals surface area contributed by atoms with Crippen molar-refractivity contribution in [3.8, 4) is 22.1 Å². The van der Waals surface area contributed by atoms with E-state index >= 15 is 0 Å². The van der Waals surface area contributed by atoms with E-state index in [0.717, 1.165) is 47.7 Å². The average Bonchev–Trinajstić information content (AvgIpc) is 3.42. The zero-order chi connectivity index (χ0) is 19.0. The molecule has 1 aliphatic carbocycles. The molecule has 3 aromatic rings. The minimum atomic E-state index is -0.492. The van der Waals surface area contributed by atoms with Gasteiger partial charge in [-0.05, 0) is 37.1 Å². The Morgan fingerprint density at radius 2 is 2.04 bits per heavy atom. The molecule has 0 atom stereocenters. The van der Waals surface area contributed by atoms with Crippen LogP contribution in [0.2, 0.25) is 0 Å². The van der Waals surface area contributed by atoms with Gasteiger partial charge in [-0.1, -0.05) is 0 Å². The van der Waals surface area contributed by atoms with Crippen molar-refractivity contribution in [3.63, 3.8) is 0 Å². The number of benzene rings is 1. The zero-order valence-electron chi connectivity index (χ0n) is 15.2. The molecular weight excluding hydrogens is 374 g/mol. The van der Waals surface area contributed by atoms with Crippen molar-refractivity contribution in [2.75, 3.05) is 5.32 Å². The molecule has 0 unspecified atom stereocenters. The fraction of sp³-hybridized carbons (Fsp3) is 0.286. The third-order valence-corrected chi connectivity index (χ3v) is 5.93. The molecule has 1 fully saturated rings. The highest BCUT2D eigenvalue weighted by Gasteiger charge is 2.44. The normalized spacial score (nSPS) is 16.4. The first-order valence-electron chi connectivity index (χ1n) is 9.36. The van der Waals surface area contributed by atoms with Crippen LogP contribution in [0.15, 0.2) is 48.1 Å². The highest BCUT2D eigenvalue weighted by Crippen LogP contribution is 2.47. The predicted molar refractivity (Wildman–Crippen MR) is 107 cm³/mol. The standard InChI is InChI=1S/C21H19N3O3S/c25-19(11-16-13-28-20(24-16)14-4-3-9-22-12-14)23-15-5-6-17-18(10-15)27-21(26-17)7-1-2-8-21/h3-6,9-10,12-13H,1-2,7-8,11H2,(H,23,25). The SMILES string of the molecule is O=C(Cc1csc(-c2cccnc2)n1)Nc1ccc2c(c1)OC1(CCCC1)O2. The van der Waals surface area contributed by atoms with Crippen LogP contribution in [0, 0.1) is 0 Å². The molecule has 2 aromatic heterocycles. The van der Waals surface area contributed by atoms with Gasteiger partial charge in [-0.3, -0.25) is 9.78 Å². The summed E-state index contributed by atoms with van der Waals surface area (Å²) in [5.74, 6) is 0.846. The van der Waals surface area contributed by atoms with E-state index in [0.29, 0.717) is 11.4 Å². The molecule has 2 aliphatic rings. The predicted octanol–water partition coefficient (Wildman–Crippen LogP) is 4.43. The Morgan fingerprint density at radius 3 is 2.86 bits per heavy atom. The maximum atomic E-state index is 12.4. The molecular formula is C21H19N3O3S. The second-order valence-electron chi connectivity index (χ2n) is 7.09. The summed E-state index contributed by atoms with van der Waals surface area (Å²) in [5, 5.41) is 5.70. The minimum Gasteiger partial charge on any atom is -0.448 e. The van der Waals surface area contributed by atoms with Crippen LogP contribution < -0.4 is 14.8 Å². The molecule has 1 aliphatic heterocycles. The van der Waals surface area contributed by atoms with Crippen LogP contribution in [0.1, 0.15) is 31.4 Å². The lowest BCUT2D eigenvalue weighted by molar-refractivity contribution is -0.115. The number of nitrogens with one attached hydrogen (secondary N) is 1. The van der Waals surface area contributed by atoms with E-state index in [4.69, 9.17) is 9.47 Å². The van der Waals surface area contributed by atoms with Crippen LogP contribution in [0.25, 0.3) is 10.6 Å². The maximum Gasteiger partial charge on any atom is 0.251 e. The lowest BCUT2D eigenvalue weighted by atomic mass is 10.2. The van der Waals surface area contributed by atoms with Gasteiger partial charge in [0.1, 0.15) is 5.01 Å². The molecule has 7 heteroatoms. The van der Waals surface area contributed by atoms with E-state index in [1.54, 1.807) is 12.4 Å². The van der Waals surface area contributed by atoms with Gasteiger partial charge in [0.25, 0.3) is 5.79 Å². The van der Waals surface area contributed by atoms with Crippen molar-refractivity contribution in [2.24, 2.45) is 0 Å². The molecule has 1 saturated carbocycles. The quantitative estimate of drug-likeness (QED) is 0.710. The Morgan fingerprint density at radius 1 is 1.18 bits per heavy atom. The highest BCUT2D eigenvalue weighted by molar-refractivity contribution is 7.13. The van der Waals surface area contributed by atoms with E-state index in [1.807, 2.05) is 35.7 Å². The molecule has 0 bridgehead atoms. The average molecular weight is 393 g/mol. The summed E-state index contributed by atoms with van der Waals surface area (Å²) < 4.78 is 12.1. The first kappa shape index (κ1) is 17.2. The van der Waals surface area contributed by atoms with Gasteiger partial charge in [0.15, 0.2) is 11.5 Å². The second kappa shape index (κ2) is 6.91. The van der Waals surface area contributed by atoms with Gasteiger partial charge in [-0.2, -0.15) is 0 Å². The van der Waals surface area contributed by atoms with Crippen molar-refractivity contribution in [1.82, 2.24) is 9.97 Å². The van der Waals surface area contributed by atoms with Crippen molar-refractivity contribution >= 4 is 22.9 Å². The fourth-order valence-electron chi connectivity index (χ4n) is 3.67. The summed E-state index contributed by atoms with van der Waals surface area (Å²) in [7, 11) is 0. The number of nitrogens with zero attached hydrogens (tertiary/aromatic N) is 2. The number of ether oxygens (including phenoxy) is 2. The molecule has 28 heavy (non-hydrogen) atoms. The molecule has 3 heterocycles. The van der Waals surface area contributed by atoms with Crippen LogP contribution in [0.3, 0.4) is 0 Å². The summed E-state index contributed by atoms with van der Waals surface area (Å²) in [6.07, 6.45) is 7.77. The molecule has 1 N–H and O–H groups in total. The maximum absolute atomic E-state index is 12.4. The van der Waals surface area contributed by atoms with Crippen LogP contribution in [0.5, 0.6) is 11.5 Å². The lowest BCUT2D eigenvalue weighted by Crippen LogP contribution is -2.34. The summed E-state index contributed by atoms with van der Waals surface area (Å²) in [6, 6.07) is 9.37. The molecule has 0 radical (unpaired) electrons. The van der Waals surface area contributed by atoms with Gasteiger partial charge in [0.05, 0.1) is 12.1 Å². The zero-order valence-corrected chi connectivity index (χ0v) is 16.0. The van der Waals surface area contributed by atoms with Crippen molar-refractivity contribution in [3.05, 3.63) is 53.8 Å². The van der Waals surface area contributed by atoms with Crippen LogP contribution in [-0.4, -0.2) is 21.7 Å². The van der Waals surface area contributed by atoms with Crippen molar-refractivity contribution in [2.45, 2.75) is 37.9 Å². The summed E-state index contributed by atoms with van der Waals surface area (Å²) in [5.41, 5.74) is 2.40. The number of anilines is 1. The molecule has 0 saturated heterocycles. The summed E-state index contributed by atoms with van der Waals surface area (Å²) in [6.45, 7) is 0. The summed E-state index contributed by atoms with van der Waals surface area (Å²) >= 11 is 1.51. The van der Waals surface area contributed by atoms with Crippen molar-refractivity contribution < 1.29 is 14.3 Å². The van der Waals surface area contributed by atoms with Gasteiger partial charge in [0.2, 0.25) is 5.91 Å². The third-order valence-electron chi connectivity index (χ3n) is 4.99. The number of amides is 1. The molecule has 1 amide bonds. The van der Waals surface area contributed by atoms with E-state index < -0.39 is 5.79 Å². The molecule has 1 spiro atoms. The van der Waals surface area contributed by atoms with E-state index in [1.165, 1.54) is 11.3 Å². The Balaban J connectivity index is 1.24. The Bertz CT molecular complexity index is 1010. The lowest BCUT2D eigenvalue weighted by Gasteiger charge is -2.21. The van der Waals surface area contributed by atoms with Gasteiger partial charge in [0, 0.05) is 47.9 Å². The number of carbonyl (C=O) groups is 1. The molecule has 6 nitrogen and oxygen atoms in total. The highest BCUT2D eigenvalue weighted by atomic mass is 32.1. The van der Waals surface area contributed by atoms with Gasteiger partial charge >= 0.3 is 0 Å². The molecule has 142 valence electrons. The van der Waals surface area contributed by atoms with E-state index in [-0.39, 0.29) is 12.3 Å². The molecule has 1 aromatic carbocycles. The third kappa shape index (κ3) is 3.33. The number of pyridine rings is 1. The summed E-state index contributed by atoms with van der Waals surface area (Å²) in [4.78, 5) is 21.1. The topological polar surface area (TPSA) is 73.3 Å². The number of carbonyl (C=O) groups excluding carboxylic acids is 1. The Hall–Kier alpha value is -2.93. The fourth-order valence-corrected chi connectivity index (χ4v) is 4.48. The smallest absolute Gasteiger partial charge is 0.251 e. The monoisotopic (exact) mass is 393 g/mol. The first-order chi connectivity index (χ1) is 13.7. The van der Waals surface area contributed by atoms with Gasteiger partial charge < -0.3 is 14.8 Å². The first-order valence-corrected chi connectivity index (χ1v) is 10.2. The second-order valence-corrected chi connectivity index (χ2v) is 7.95. The van der Waals surface area contributed by atoms with Crippen LogP contribution >= 0.6 is 11.3 Å². The minimum absolute atomic E-state index is 0.113. The van der Waals surface area contributed by atoms with Crippen LogP contribution in [0.4, 0.5) is 5.69 Å². The number of hydrogen-bond donors (Lipinski definition) is 1. The van der Waals surface area contributed by atoms with Crippen molar-refractivity contribution in [1.29, 1.82) is 0 Å². The molecule has 5 rings (SSSR count). The Kier molecular flexibility index (Phi) is 4.24. The number of hydrogen-bond acceptors (Lipinski definition) is 6. The number of fused-ring (bicyclic) bond motifs is 1. The number of rotatable bonds is 4. The number of thiazole rings is 1.